The third kappa shape index (κ3) is 6.45. The van der Waals surface area contributed by atoms with E-state index in [1.807, 2.05) is 0 Å². The van der Waals surface area contributed by atoms with E-state index >= 15 is 0 Å². The van der Waals surface area contributed by atoms with E-state index in [1.165, 1.54) is 31.2 Å². The van der Waals surface area contributed by atoms with E-state index in [4.69, 9.17) is 14.9 Å². The molecule has 0 fully saturated rings. The molecule has 0 bridgehead atoms. The topological polar surface area (TPSA) is 66.8 Å². The SMILES string of the molecule is CC(Oc1ccc(O)cc1)C(=O)O.[NaH].[NaH]. The number of hydrogen-bond donors (Lipinski definition) is 2. The quantitative estimate of drug-likeness (QED) is 0.714. The van der Waals surface area contributed by atoms with Gasteiger partial charge in [0.1, 0.15) is 11.5 Å². The van der Waals surface area contributed by atoms with Gasteiger partial charge in [-0.3, -0.25) is 0 Å². The van der Waals surface area contributed by atoms with Gasteiger partial charge in [-0.25, -0.2) is 4.79 Å². The van der Waals surface area contributed by atoms with E-state index in [-0.39, 0.29) is 64.9 Å². The molecule has 2 N–H and O–H groups in total. The molecule has 0 aromatic heterocycles. The number of aliphatic carboxylic acids is 1. The standard InChI is InChI=1S/C9H10O4.2Na.2H/c1-6(9(11)12)13-8-4-2-7(10)3-5-8;;;;/h2-6,10H,1H3,(H,11,12);;;;. The molecule has 0 spiro atoms. The molecule has 0 aliphatic carbocycles. The van der Waals surface area contributed by atoms with Crippen LogP contribution in [0, 0.1) is 0 Å². The molecule has 0 radical (unpaired) electrons. The van der Waals surface area contributed by atoms with E-state index in [9.17, 15) is 4.79 Å². The van der Waals surface area contributed by atoms with Gasteiger partial charge in [0.25, 0.3) is 0 Å². The van der Waals surface area contributed by atoms with Crippen LogP contribution in [0.1, 0.15) is 6.92 Å². The molecule has 0 aliphatic heterocycles. The number of phenols is 1. The first-order chi connectivity index (χ1) is 6.09. The molecule has 0 saturated heterocycles. The molecule has 15 heavy (non-hydrogen) atoms. The Morgan fingerprint density at radius 1 is 1.27 bits per heavy atom. The van der Waals surface area contributed by atoms with Crippen LogP contribution >= 0.6 is 0 Å². The van der Waals surface area contributed by atoms with Gasteiger partial charge in [0.2, 0.25) is 0 Å². The second-order valence-electron chi connectivity index (χ2n) is 2.59. The summed E-state index contributed by atoms with van der Waals surface area (Å²) in [7, 11) is 0. The van der Waals surface area contributed by atoms with E-state index < -0.39 is 12.1 Å². The summed E-state index contributed by atoms with van der Waals surface area (Å²) in [5.74, 6) is -0.476. The molecule has 0 aliphatic rings. The number of benzene rings is 1. The van der Waals surface area contributed by atoms with Crippen LogP contribution in [0.4, 0.5) is 0 Å². The van der Waals surface area contributed by atoms with Gasteiger partial charge >= 0.3 is 65.1 Å². The molecular formula is C9H12Na2O4. The van der Waals surface area contributed by atoms with Crippen molar-refractivity contribution in [2.75, 3.05) is 0 Å². The van der Waals surface area contributed by atoms with Crippen LogP contribution in [0.25, 0.3) is 0 Å². The van der Waals surface area contributed by atoms with Gasteiger partial charge in [0, 0.05) is 0 Å². The Hall–Kier alpha value is 0.290. The van der Waals surface area contributed by atoms with Gasteiger partial charge in [-0.05, 0) is 31.2 Å². The van der Waals surface area contributed by atoms with E-state index in [1.54, 1.807) is 0 Å². The summed E-state index contributed by atoms with van der Waals surface area (Å²) in [6.45, 7) is 1.44. The molecule has 1 aromatic carbocycles. The van der Waals surface area contributed by atoms with Gasteiger partial charge in [-0.1, -0.05) is 0 Å². The van der Waals surface area contributed by atoms with Crippen LogP contribution in [0.5, 0.6) is 11.5 Å². The summed E-state index contributed by atoms with van der Waals surface area (Å²) in [5.41, 5.74) is 0. The summed E-state index contributed by atoms with van der Waals surface area (Å²) in [5, 5.41) is 17.5. The molecule has 1 aromatic rings. The number of carboxylic acids is 1. The predicted molar refractivity (Wildman–Crippen MR) is 60.1 cm³/mol. The molecular weight excluding hydrogens is 218 g/mol. The first kappa shape index (κ1) is 17.7. The Labute approximate surface area is 132 Å². The zero-order valence-corrected chi connectivity index (χ0v) is 7.10. The van der Waals surface area contributed by atoms with Crippen molar-refractivity contribution >= 4 is 65.1 Å². The van der Waals surface area contributed by atoms with Crippen molar-refractivity contribution in [3.63, 3.8) is 0 Å². The molecule has 6 heteroatoms. The molecule has 0 saturated carbocycles. The Kier molecular flexibility index (Phi) is 9.95. The van der Waals surface area contributed by atoms with Gasteiger partial charge in [0.05, 0.1) is 0 Å². The van der Waals surface area contributed by atoms with Crippen molar-refractivity contribution in [3.05, 3.63) is 24.3 Å². The zero-order valence-electron chi connectivity index (χ0n) is 7.10. The Morgan fingerprint density at radius 2 is 1.73 bits per heavy atom. The Morgan fingerprint density at radius 3 is 2.13 bits per heavy atom. The average molecular weight is 230 g/mol. The summed E-state index contributed by atoms with van der Waals surface area (Å²) in [6, 6.07) is 5.89. The fraction of sp³-hybridized carbons (Fsp3) is 0.222. The number of carbonyl (C=O) groups is 1. The van der Waals surface area contributed by atoms with Crippen LogP contribution in [-0.4, -0.2) is 81.4 Å². The second kappa shape index (κ2) is 8.44. The van der Waals surface area contributed by atoms with Gasteiger partial charge in [0.15, 0.2) is 6.10 Å². The number of phenolic OH excluding ortho intramolecular Hbond substituents is 1. The van der Waals surface area contributed by atoms with Crippen LogP contribution < -0.4 is 4.74 Å². The van der Waals surface area contributed by atoms with Crippen LogP contribution in [0.2, 0.25) is 0 Å². The first-order valence-electron chi connectivity index (χ1n) is 3.78. The summed E-state index contributed by atoms with van der Waals surface area (Å²) >= 11 is 0. The summed E-state index contributed by atoms with van der Waals surface area (Å²) in [6.07, 6.45) is -0.885. The van der Waals surface area contributed by atoms with E-state index in [2.05, 4.69) is 0 Å². The van der Waals surface area contributed by atoms with Gasteiger partial charge in [-0.15, -0.1) is 0 Å². The van der Waals surface area contributed by atoms with Gasteiger partial charge in [-0.2, -0.15) is 0 Å². The van der Waals surface area contributed by atoms with Crippen LogP contribution in [0.3, 0.4) is 0 Å². The fourth-order valence-electron chi connectivity index (χ4n) is 0.779. The molecule has 74 valence electrons. The van der Waals surface area contributed by atoms with Crippen LogP contribution in [0.15, 0.2) is 24.3 Å². The number of ether oxygens (including phenoxy) is 1. The number of hydrogen-bond acceptors (Lipinski definition) is 3. The number of aromatic hydroxyl groups is 1. The minimum absolute atomic E-state index is 0. The maximum absolute atomic E-state index is 10.4. The number of rotatable bonds is 3. The molecule has 1 unspecified atom stereocenters. The summed E-state index contributed by atoms with van der Waals surface area (Å²) in [4.78, 5) is 10.4. The van der Waals surface area contributed by atoms with Gasteiger partial charge < -0.3 is 14.9 Å². The Bertz CT molecular complexity index is 299. The zero-order chi connectivity index (χ0) is 9.84. The summed E-state index contributed by atoms with van der Waals surface area (Å²) < 4.78 is 5.02. The van der Waals surface area contributed by atoms with E-state index in [0.29, 0.717) is 5.75 Å². The van der Waals surface area contributed by atoms with Crippen molar-refractivity contribution in [3.8, 4) is 11.5 Å². The van der Waals surface area contributed by atoms with Crippen LogP contribution in [-0.2, 0) is 4.79 Å². The third-order valence-corrected chi connectivity index (χ3v) is 1.50. The van der Waals surface area contributed by atoms with Crippen molar-refractivity contribution in [2.45, 2.75) is 13.0 Å². The molecule has 1 rings (SSSR count). The van der Waals surface area contributed by atoms with E-state index in [0.717, 1.165) is 0 Å². The van der Waals surface area contributed by atoms with Crippen molar-refractivity contribution in [1.29, 1.82) is 0 Å². The van der Waals surface area contributed by atoms with Crippen molar-refractivity contribution < 1.29 is 19.7 Å². The monoisotopic (exact) mass is 230 g/mol. The molecule has 4 nitrogen and oxygen atoms in total. The Balaban J connectivity index is 0. The second-order valence-corrected chi connectivity index (χ2v) is 2.59. The van der Waals surface area contributed by atoms with Crippen molar-refractivity contribution in [1.82, 2.24) is 0 Å². The third-order valence-electron chi connectivity index (χ3n) is 1.50. The average Bonchev–Trinajstić information content (AvgIpc) is 2.08. The minimum atomic E-state index is -1.02. The maximum atomic E-state index is 10.4. The fourth-order valence-corrected chi connectivity index (χ4v) is 0.779. The predicted octanol–water partition coefficient (Wildman–Crippen LogP) is -0.0529. The first-order valence-corrected chi connectivity index (χ1v) is 3.78. The normalized spacial score (nSPS) is 10.5. The molecule has 0 amide bonds. The van der Waals surface area contributed by atoms with Crippen molar-refractivity contribution in [2.24, 2.45) is 0 Å². The number of carboxylic acid groups (broad SMARTS) is 1. The molecule has 1 atom stereocenters. The molecule has 0 heterocycles.